The average molecular weight is 361 g/mol. The van der Waals surface area contributed by atoms with Gasteiger partial charge in [-0.3, -0.25) is 4.79 Å². The van der Waals surface area contributed by atoms with Gasteiger partial charge in [-0.1, -0.05) is 23.2 Å². The topological polar surface area (TPSA) is 87.7 Å². The first-order valence-electron chi connectivity index (χ1n) is 6.16. The van der Waals surface area contributed by atoms with Crippen molar-refractivity contribution in [2.75, 3.05) is 5.32 Å². The van der Waals surface area contributed by atoms with Gasteiger partial charge >= 0.3 is 0 Å². The molecule has 1 saturated carbocycles. The molecule has 0 saturated heterocycles. The molecule has 0 aromatic heterocycles. The first-order valence-corrected chi connectivity index (χ1v) is 7.33. The lowest BCUT2D eigenvalue weighted by atomic mass is 9.67. The Morgan fingerprint density at radius 3 is 2.70 bits per heavy atom. The zero-order valence-corrected chi connectivity index (χ0v) is 13.3. The summed E-state index contributed by atoms with van der Waals surface area (Å²) in [6.07, 6.45) is 2.03. The molecule has 1 fully saturated rings. The molecule has 0 spiro atoms. The lowest BCUT2D eigenvalue weighted by molar-refractivity contribution is -0.125. The van der Waals surface area contributed by atoms with E-state index in [1.165, 1.54) is 0 Å². The van der Waals surface area contributed by atoms with Gasteiger partial charge in [0.2, 0.25) is 5.91 Å². The number of halogens is 2. The third-order valence-corrected chi connectivity index (χ3v) is 4.80. The molecule has 1 aromatic carbocycles. The van der Waals surface area contributed by atoms with E-state index in [2.05, 4.69) is 26.4 Å². The van der Waals surface area contributed by atoms with Crippen molar-refractivity contribution in [3.63, 3.8) is 0 Å². The normalized spacial score (nSPS) is 17.4. The number of rotatable bonds is 3. The molecule has 0 aliphatic heterocycles. The first-order chi connectivity index (χ1) is 9.40. The summed E-state index contributed by atoms with van der Waals surface area (Å²) in [4.78, 5) is 12.4. The van der Waals surface area contributed by atoms with Gasteiger partial charge in [0.1, 0.15) is 5.41 Å². The van der Waals surface area contributed by atoms with Gasteiger partial charge in [-0.25, -0.2) is 0 Å². The van der Waals surface area contributed by atoms with Gasteiger partial charge in [0.25, 0.3) is 0 Å². The lowest BCUT2D eigenvalue weighted by Crippen LogP contribution is -2.51. The molecule has 0 bridgehead atoms. The van der Waals surface area contributed by atoms with Crippen LogP contribution in [0.25, 0.3) is 0 Å². The fraction of sp³-hybridized carbons (Fsp3) is 0.385. The zero-order chi connectivity index (χ0) is 14.9. The van der Waals surface area contributed by atoms with Crippen molar-refractivity contribution in [2.45, 2.75) is 26.2 Å². The Labute approximate surface area is 130 Å². The molecular weight excluding hydrogens is 346 g/mol. The van der Waals surface area contributed by atoms with E-state index in [9.17, 15) is 4.79 Å². The van der Waals surface area contributed by atoms with Crippen LogP contribution in [0.5, 0.6) is 0 Å². The fourth-order valence-corrected chi connectivity index (χ4v) is 2.93. The Kier molecular flexibility index (Phi) is 4.25. The van der Waals surface area contributed by atoms with Gasteiger partial charge in [-0.05, 0) is 53.4 Å². The molecular formula is C13H15BrClN3O2. The average Bonchev–Trinajstić information content (AvgIpc) is 2.34. The Balaban J connectivity index is 2.26. The van der Waals surface area contributed by atoms with Gasteiger partial charge < -0.3 is 16.3 Å². The molecule has 0 unspecified atom stereocenters. The molecule has 7 heteroatoms. The summed E-state index contributed by atoms with van der Waals surface area (Å²) < 4.78 is 0.738. The molecule has 108 valence electrons. The molecule has 2 rings (SSSR count). The van der Waals surface area contributed by atoms with Crippen LogP contribution >= 0.6 is 27.5 Å². The summed E-state index contributed by atoms with van der Waals surface area (Å²) >= 11 is 9.45. The van der Waals surface area contributed by atoms with Crippen molar-refractivity contribution >= 4 is 45.0 Å². The van der Waals surface area contributed by atoms with Crippen molar-refractivity contribution in [2.24, 2.45) is 16.3 Å². The third-order valence-electron chi connectivity index (χ3n) is 3.74. The van der Waals surface area contributed by atoms with Crippen LogP contribution in [0.15, 0.2) is 21.8 Å². The summed E-state index contributed by atoms with van der Waals surface area (Å²) in [5.74, 6) is -0.324. The smallest absolute Gasteiger partial charge is 0.238 e. The summed E-state index contributed by atoms with van der Waals surface area (Å²) in [5.41, 5.74) is 6.23. The standard InChI is InChI=1S/C13H15BrClN3O2/c1-7-5-8(14)10(6-9(7)15)17-12(19)13(3-2-4-13)11(16)18-20/h5-6,20H,2-4H2,1H3,(H2,16,18)(H,17,19). The minimum atomic E-state index is -0.911. The van der Waals surface area contributed by atoms with Crippen molar-refractivity contribution in [1.29, 1.82) is 0 Å². The van der Waals surface area contributed by atoms with Crippen LogP contribution in [-0.4, -0.2) is 17.0 Å². The first kappa shape index (κ1) is 15.1. The van der Waals surface area contributed by atoms with Crippen LogP contribution in [0.2, 0.25) is 5.02 Å². The molecule has 1 amide bonds. The van der Waals surface area contributed by atoms with Gasteiger partial charge in [0.05, 0.1) is 5.69 Å². The monoisotopic (exact) mass is 359 g/mol. The number of benzene rings is 1. The van der Waals surface area contributed by atoms with E-state index < -0.39 is 5.41 Å². The number of carbonyl (C=O) groups excluding carboxylic acids is 1. The number of amidine groups is 1. The fourth-order valence-electron chi connectivity index (χ4n) is 2.21. The number of hydrogen-bond donors (Lipinski definition) is 3. The van der Waals surface area contributed by atoms with Crippen molar-refractivity contribution < 1.29 is 10.0 Å². The largest absolute Gasteiger partial charge is 0.409 e. The molecule has 1 aliphatic carbocycles. The summed E-state index contributed by atoms with van der Waals surface area (Å²) in [7, 11) is 0. The Bertz CT molecular complexity index is 585. The second-order valence-corrected chi connectivity index (χ2v) is 6.22. The quantitative estimate of drug-likeness (QED) is 0.334. The van der Waals surface area contributed by atoms with Gasteiger partial charge in [0.15, 0.2) is 5.84 Å². The number of aryl methyl sites for hydroxylation is 1. The van der Waals surface area contributed by atoms with E-state index in [-0.39, 0.29) is 11.7 Å². The van der Waals surface area contributed by atoms with E-state index in [0.717, 1.165) is 16.5 Å². The SMILES string of the molecule is Cc1cc(Br)c(NC(=O)C2(/C(N)=N/O)CCC2)cc1Cl. The second kappa shape index (κ2) is 5.61. The van der Waals surface area contributed by atoms with Crippen LogP contribution in [0, 0.1) is 12.3 Å². The highest BCUT2D eigenvalue weighted by molar-refractivity contribution is 9.10. The van der Waals surface area contributed by atoms with E-state index in [1.807, 2.05) is 13.0 Å². The van der Waals surface area contributed by atoms with Crippen LogP contribution < -0.4 is 11.1 Å². The number of amides is 1. The van der Waals surface area contributed by atoms with Gasteiger partial charge in [-0.15, -0.1) is 0 Å². The Hall–Kier alpha value is -1.27. The molecule has 20 heavy (non-hydrogen) atoms. The van der Waals surface area contributed by atoms with Crippen LogP contribution in [0.1, 0.15) is 24.8 Å². The summed E-state index contributed by atoms with van der Waals surface area (Å²) in [6.45, 7) is 1.88. The maximum atomic E-state index is 12.4. The van der Waals surface area contributed by atoms with Crippen molar-refractivity contribution in [3.05, 3.63) is 27.2 Å². The number of nitrogens with zero attached hydrogens (tertiary/aromatic N) is 1. The summed E-state index contributed by atoms with van der Waals surface area (Å²) in [5, 5.41) is 15.2. The Morgan fingerprint density at radius 1 is 1.55 bits per heavy atom. The number of carbonyl (C=O) groups is 1. The van der Waals surface area contributed by atoms with Gasteiger partial charge in [-0.2, -0.15) is 0 Å². The van der Waals surface area contributed by atoms with Gasteiger partial charge in [0, 0.05) is 9.50 Å². The van der Waals surface area contributed by atoms with E-state index in [4.69, 9.17) is 22.5 Å². The molecule has 1 aliphatic rings. The predicted octanol–water partition coefficient (Wildman–Crippen LogP) is 3.27. The molecule has 0 radical (unpaired) electrons. The Morgan fingerprint density at radius 2 is 2.20 bits per heavy atom. The van der Waals surface area contributed by atoms with Crippen molar-refractivity contribution in [3.8, 4) is 0 Å². The highest BCUT2D eigenvalue weighted by Gasteiger charge is 2.48. The number of anilines is 1. The number of oxime groups is 1. The minimum Gasteiger partial charge on any atom is -0.409 e. The molecule has 0 heterocycles. The van der Waals surface area contributed by atoms with E-state index >= 15 is 0 Å². The molecule has 1 aromatic rings. The molecule has 5 nitrogen and oxygen atoms in total. The summed E-state index contributed by atoms with van der Waals surface area (Å²) in [6, 6.07) is 3.51. The minimum absolute atomic E-state index is 0.0458. The number of hydrogen-bond acceptors (Lipinski definition) is 3. The van der Waals surface area contributed by atoms with Crippen LogP contribution in [0.4, 0.5) is 5.69 Å². The highest BCUT2D eigenvalue weighted by atomic mass is 79.9. The van der Waals surface area contributed by atoms with Crippen LogP contribution in [-0.2, 0) is 4.79 Å². The maximum absolute atomic E-state index is 12.4. The van der Waals surface area contributed by atoms with E-state index in [1.54, 1.807) is 6.07 Å². The van der Waals surface area contributed by atoms with E-state index in [0.29, 0.717) is 23.6 Å². The van der Waals surface area contributed by atoms with Crippen molar-refractivity contribution in [1.82, 2.24) is 0 Å². The highest BCUT2D eigenvalue weighted by Crippen LogP contribution is 2.42. The number of nitrogens with two attached hydrogens (primary N) is 1. The number of nitrogens with one attached hydrogen (secondary N) is 1. The van der Waals surface area contributed by atoms with Crippen LogP contribution in [0.3, 0.4) is 0 Å². The maximum Gasteiger partial charge on any atom is 0.238 e. The molecule has 4 N–H and O–H groups in total. The second-order valence-electron chi connectivity index (χ2n) is 4.96. The predicted molar refractivity (Wildman–Crippen MR) is 82.2 cm³/mol. The zero-order valence-electron chi connectivity index (χ0n) is 10.9. The lowest BCUT2D eigenvalue weighted by Gasteiger charge is -2.38. The molecule has 0 atom stereocenters. The third kappa shape index (κ3) is 2.50.